The van der Waals surface area contributed by atoms with Crippen molar-refractivity contribution in [3.05, 3.63) is 0 Å². The van der Waals surface area contributed by atoms with Crippen molar-refractivity contribution in [2.75, 3.05) is 20.3 Å². The van der Waals surface area contributed by atoms with Gasteiger partial charge in [-0.05, 0) is 43.9 Å². The number of carboxylic acid groups (broad SMARTS) is 1. The van der Waals surface area contributed by atoms with Crippen LogP contribution in [0.5, 0.6) is 0 Å². The van der Waals surface area contributed by atoms with Gasteiger partial charge < -0.3 is 19.3 Å². The lowest BCUT2D eigenvalue weighted by atomic mass is 9.86. The third-order valence-electron chi connectivity index (χ3n) is 6.76. The minimum atomic E-state index is -0.847. The van der Waals surface area contributed by atoms with E-state index in [0.717, 1.165) is 50.5 Å². The normalized spacial score (nSPS) is 25.9. The molecule has 0 aromatic rings. The zero-order chi connectivity index (χ0) is 20.7. The van der Waals surface area contributed by atoms with Gasteiger partial charge in [0.15, 0.2) is 12.4 Å². The number of methoxy groups -OCH3 is 1. The fourth-order valence-electron chi connectivity index (χ4n) is 5.04. The molecule has 2 unspecified atom stereocenters. The average molecular weight is 413 g/mol. The molecule has 1 saturated carbocycles. The van der Waals surface area contributed by atoms with E-state index in [1.807, 2.05) is 0 Å². The Bertz CT molecular complexity index is 421. The van der Waals surface area contributed by atoms with Crippen LogP contribution < -0.4 is 0 Å². The van der Waals surface area contributed by atoms with Crippen molar-refractivity contribution in [3.8, 4) is 0 Å². The average Bonchev–Trinajstić information content (AvgIpc) is 3.17. The largest absolute Gasteiger partial charge is 0.479 e. The van der Waals surface area contributed by atoms with Crippen LogP contribution in [-0.2, 0) is 19.0 Å². The Kier molecular flexibility index (Phi) is 12.9. The first-order chi connectivity index (χ1) is 14.2. The van der Waals surface area contributed by atoms with Crippen molar-refractivity contribution in [1.82, 2.24) is 0 Å². The molecule has 29 heavy (non-hydrogen) atoms. The van der Waals surface area contributed by atoms with Crippen LogP contribution in [0.25, 0.3) is 0 Å². The lowest BCUT2D eigenvalue weighted by Crippen LogP contribution is -2.32. The van der Waals surface area contributed by atoms with Gasteiger partial charge in [-0.2, -0.15) is 0 Å². The fourth-order valence-corrected chi connectivity index (χ4v) is 5.04. The van der Waals surface area contributed by atoms with Crippen molar-refractivity contribution in [2.45, 2.75) is 115 Å². The molecule has 2 fully saturated rings. The maximum absolute atomic E-state index is 11.5. The molecule has 0 aromatic carbocycles. The quantitative estimate of drug-likeness (QED) is 0.318. The highest BCUT2D eigenvalue weighted by Gasteiger charge is 2.27. The lowest BCUT2D eigenvalue weighted by Gasteiger charge is -2.26. The van der Waals surface area contributed by atoms with Gasteiger partial charge in [-0.25, -0.2) is 4.79 Å². The highest BCUT2D eigenvalue weighted by atomic mass is 16.7. The zero-order valence-corrected chi connectivity index (χ0v) is 18.6. The Labute approximate surface area is 177 Å². The van der Waals surface area contributed by atoms with E-state index in [-0.39, 0.29) is 6.29 Å². The van der Waals surface area contributed by atoms with E-state index >= 15 is 0 Å². The third kappa shape index (κ3) is 10.3. The molecule has 2 rings (SSSR count). The number of hydrogen-bond donors (Lipinski definition) is 1. The number of unbranched alkanes of at least 4 members (excludes halogenated alkanes) is 5. The molecule has 0 bridgehead atoms. The first kappa shape index (κ1) is 24.6. The fraction of sp³-hybridized carbons (Fsp3) is 0.958. The Balaban J connectivity index is 1.54. The van der Waals surface area contributed by atoms with Gasteiger partial charge in [-0.1, -0.05) is 70.6 Å². The standard InChI is InChI=1S/C24H44O5/c1-27-18-9-3-2-5-12-20-14-11-15-21(20)13-6-4-7-16-22(24(25)26)29-23-17-8-10-19-28-23/h20-23H,2-19H2,1H3,(H,25,26)/t20-,21-,22?,23?/m0/s1. The van der Waals surface area contributed by atoms with Crippen molar-refractivity contribution in [3.63, 3.8) is 0 Å². The molecule has 2 aliphatic rings. The zero-order valence-electron chi connectivity index (χ0n) is 18.6. The van der Waals surface area contributed by atoms with E-state index in [2.05, 4.69) is 0 Å². The summed E-state index contributed by atoms with van der Waals surface area (Å²) in [6.45, 7) is 1.58. The maximum Gasteiger partial charge on any atom is 0.332 e. The molecule has 0 spiro atoms. The summed E-state index contributed by atoms with van der Waals surface area (Å²) in [6.07, 6.45) is 17.9. The van der Waals surface area contributed by atoms with Gasteiger partial charge in [0, 0.05) is 20.3 Å². The third-order valence-corrected chi connectivity index (χ3v) is 6.76. The second-order valence-corrected chi connectivity index (χ2v) is 9.04. The lowest BCUT2D eigenvalue weighted by molar-refractivity contribution is -0.201. The summed E-state index contributed by atoms with van der Waals surface area (Å²) in [6, 6.07) is 0. The van der Waals surface area contributed by atoms with Gasteiger partial charge in [-0.15, -0.1) is 0 Å². The van der Waals surface area contributed by atoms with Crippen LogP contribution in [0.4, 0.5) is 0 Å². The summed E-state index contributed by atoms with van der Waals surface area (Å²) in [5.74, 6) is 0.979. The van der Waals surface area contributed by atoms with Crippen LogP contribution in [0, 0.1) is 11.8 Å². The van der Waals surface area contributed by atoms with Crippen LogP contribution >= 0.6 is 0 Å². The smallest absolute Gasteiger partial charge is 0.332 e. The molecular weight excluding hydrogens is 368 g/mol. The Morgan fingerprint density at radius 2 is 1.62 bits per heavy atom. The molecule has 5 nitrogen and oxygen atoms in total. The van der Waals surface area contributed by atoms with E-state index in [1.54, 1.807) is 7.11 Å². The van der Waals surface area contributed by atoms with Crippen molar-refractivity contribution < 1.29 is 24.1 Å². The summed E-state index contributed by atoms with van der Waals surface area (Å²) in [5.41, 5.74) is 0. The Hall–Kier alpha value is -0.650. The summed E-state index contributed by atoms with van der Waals surface area (Å²) >= 11 is 0. The summed E-state index contributed by atoms with van der Waals surface area (Å²) < 4.78 is 16.4. The molecule has 1 aliphatic carbocycles. The molecule has 4 atom stereocenters. The van der Waals surface area contributed by atoms with Crippen molar-refractivity contribution in [1.29, 1.82) is 0 Å². The number of rotatable bonds is 16. The van der Waals surface area contributed by atoms with Gasteiger partial charge in [-0.3, -0.25) is 0 Å². The maximum atomic E-state index is 11.5. The van der Waals surface area contributed by atoms with Crippen LogP contribution in [0.1, 0.15) is 103 Å². The first-order valence-corrected chi connectivity index (χ1v) is 12.2. The molecule has 1 aliphatic heterocycles. The van der Waals surface area contributed by atoms with Gasteiger partial charge in [0.25, 0.3) is 0 Å². The molecule has 1 heterocycles. The van der Waals surface area contributed by atoms with Crippen LogP contribution in [0.15, 0.2) is 0 Å². The van der Waals surface area contributed by atoms with Gasteiger partial charge >= 0.3 is 5.97 Å². The van der Waals surface area contributed by atoms with Crippen molar-refractivity contribution >= 4 is 5.97 Å². The molecule has 1 N–H and O–H groups in total. The number of ether oxygens (including phenoxy) is 3. The number of carbonyl (C=O) groups is 1. The minimum Gasteiger partial charge on any atom is -0.479 e. The molecule has 170 valence electrons. The number of aliphatic carboxylic acids is 1. The molecular formula is C24H44O5. The first-order valence-electron chi connectivity index (χ1n) is 12.2. The highest BCUT2D eigenvalue weighted by Crippen LogP contribution is 2.38. The summed E-state index contributed by atoms with van der Waals surface area (Å²) in [4.78, 5) is 11.5. The number of carboxylic acids is 1. The summed E-state index contributed by atoms with van der Waals surface area (Å²) in [7, 11) is 1.78. The monoisotopic (exact) mass is 412 g/mol. The van der Waals surface area contributed by atoms with Gasteiger partial charge in [0.05, 0.1) is 0 Å². The molecule has 1 saturated heterocycles. The van der Waals surface area contributed by atoms with E-state index in [4.69, 9.17) is 14.2 Å². The molecule has 0 radical (unpaired) electrons. The topological polar surface area (TPSA) is 65.0 Å². The minimum absolute atomic E-state index is 0.321. The van der Waals surface area contributed by atoms with E-state index in [1.165, 1.54) is 64.2 Å². The molecule has 0 aromatic heterocycles. The SMILES string of the molecule is COCCCCCC[C@H]1CCC[C@@H]1CCCCCC(OC1CCCCO1)C(=O)O. The van der Waals surface area contributed by atoms with E-state index < -0.39 is 12.1 Å². The van der Waals surface area contributed by atoms with E-state index in [9.17, 15) is 9.90 Å². The number of hydrogen-bond acceptors (Lipinski definition) is 4. The second-order valence-electron chi connectivity index (χ2n) is 9.04. The highest BCUT2D eigenvalue weighted by molar-refractivity contribution is 5.72. The van der Waals surface area contributed by atoms with Crippen LogP contribution in [0.2, 0.25) is 0 Å². The Morgan fingerprint density at radius 3 is 2.24 bits per heavy atom. The second kappa shape index (κ2) is 15.2. The molecule has 0 amide bonds. The molecule has 5 heteroatoms. The van der Waals surface area contributed by atoms with Gasteiger partial charge in [0.1, 0.15) is 0 Å². The predicted molar refractivity (Wildman–Crippen MR) is 115 cm³/mol. The van der Waals surface area contributed by atoms with E-state index in [0.29, 0.717) is 13.0 Å². The van der Waals surface area contributed by atoms with Crippen molar-refractivity contribution in [2.24, 2.45) is 11.8 Å². The predicted octanol–water partition coefficient (Wildman–Crippen LogP) is 5.95. The Morgan fingerprint density at radius 1 is 0.931 bits per heavy atom. The van der Waals surface area contributed by atoms with Gasteiger partial charge in [0.2, 0.25) is 0 Å². The van der Waals surface area contributed by atoms with Crippen LogP contribution in [-0.4, -0.2) is 43.8 Å². The van der Waals surface area contributed by atoms with Crippen LogP contribution in [0.3, 0.4) is 0 Å². The summed E-state index contributed by atoms with van der Waals surface area (Å²) in [5, 5.41) is 9.43.